The van der Waals surface area contributed by atoms with Crippen molar-refractivity contribution in [2.24, 2.45) is 0 Å². The lowest BCUT2D eigenvalue weighted by molar-refractivity contribution is -0.124. The maximum Gasteiger partial charge on any atom is 0.290 e. The number of carbonyl (C=O) groups is 2. The van der Waals surface area contributed by atoms with E-state index >= 15 is 0 Å². The number of carboxylic acid groups (broad SMARTS) is 1. The van der Waals surface area contributed by atoms with Gasteiger partial charge in [-0.05, 0) is 18.2 Å². The molecule has 1 aromatic carbocycles. The molecule has 0 unspecified atom stereocenters. The first kappa shape index (κ1) is 18.5. The fourth-order valence-corrected chi connectivity index (χ4v) is 2.74. The van der Waals surface area contributed by atoms with Crippen molar-refractivity contribution in [2.45, 2.75) is 24.4 Å². The predicted octanol–water partition coefficient (Wildman–Crippen LogP) is 0.0629. The maximum absolute atomic E-state index is 11.9. The summed E-state index contributed by atoms with van der Waals surface area (Å²) in [5.74, 6) is 0.264. The van der Waals surface area contributed by atoms with Gasteiger partial charge in [0, 0.05) is 5.02 Å². The summed E-state index contributed by atoms with van der Waals surface area (Å²) in [6.45, 7) is 0.201. The largest absolute Gasteiger partial charge is 0.484 e. The van der Waals surface area contributed by atoms with Crippen LogP contribution in [-0.2, 0) is 19.1 Å². The zero-order valence-electron chi connectivity index (χ0n) is 12.6. The smallest absolute Gasteiger partial charge is 0.290 e. The van der Waals surface area contributed by atoms with Gasteiger partial charge in [0.25, 0.3) is 12.4 Å². The molecule has 3 rings (SSSR count). The number of fused-ring (bicyclic) bond motifs is 1. The first-order valence-corrected chi connectivity index (χ1v) is 7.59. The van der Waals surface area contributed by atoms with Crippen LogP contribution in [0.1, 0.15) is 0 Å². The molecule has 0 radical (unpaired) electrons. The van der Waals surface area contributed by atoms with E-state index in [0.29, 0.717) is 17.4 Å². The molecule has 24 heavy (non-hydrogen) atoms. The molecule has 2 saturated heterocycles. The van der Waals surface area contributed by atoms with E-state index < -0.39 is 6.10 Å². The van der Waals surface area contributed by atoms with Crippen LogP contribution in [0.4, 0.5) is 0 Å². The summed E-state index contributed by atoms with van der Waals surface area (Å²) < 4.78 is 16.2. The van der Waals surface area contributed by atoms with E-state index in [-0.39, 0.29) is 43.8 Å². The van der Waals surface area contributed by atoms with E-state index in [9.17, 15) is 9.90 Å². The molecule has 1 aromatic rings. The highest BCUT2D eigenvalue weighted by molar-refractivity contribution is 6.30. The summed E-state index contributed by atoms with van der Waals surface area (Å²) in [5.41, 5.74) is 0. The van der Waals surface area contributed by atoms with Gasteiger partial charge in [0.15, 0.2) is 6.61 Å². The molecule has 2 aliphatic heterocycles. The summed E-state index contributed by atoms with van der Waals surface area (Å²) >= 11 is 5.83. The second-order valence-corrected chi connectivity index (χ2v) is 5.63. The Labute approximate surface area is 143 Å². The van der Waals surface area contributed by atoms with Gasteiger partial charge in [-0.2, -0.15) is 0 Å². The van der Waals surface area contributed by atoms with Gasteiger partial charge in [0.2, 0.25) is 0 Å². The first-order valence-electron chi connectivity index (χ1n) is 7.22. The summed E-state index contributed by atoms with van der Waals surface area (Å²) in [6, 6.07) is 6.58. The number of carbonyl (C=O) groups excluding carboxylic acids is 1. The summed E-state index contributed by atoms with van der Waals surface area (Å²) in [5, 5.41) is 19.9. The molecule has 4 atom stereocenters. The lowest BCUT2D eigenvalue weighted by Crippen LogP contribution is -2.45. The molecule has 2 fully saturated rings. The molecule has 9 heteroatoms. The van der Waals surface area contributed by atoms with Crippen molar-refractivity contribution in [2.75, 3.05) is 19.8 Å². The molecule has 132 valence electrons. The van der Waals surface area contributed by atoms with E-state index in [1.807, 2.05) is 0 Å². The van der Waals surface area contributed by atoms with Gasteiger partial charge >= 0.3 is 0 Å². The van der Waals surface area contributed by atoms with Gasteiger partial charge in [-0.15, -0.1) is 0 Å². The van der Waals surface area contributed by atoms with Gasteiger partial charge in [0.05, 0.1) is 19.3 Å². The molecule has 2 aliphatic rings. The molecule has 0 aromatic heterocycles. The van der Waals surface area contributed by atoms with E-state index in [1.165, 1.54) is 0 Å². The van der Waals surface area contributed by atoms with Crippen LogP contribution in [0.3, 0.4) is 0 Å². The number of aliphatic hydroxyl groups is 1. The lowest BCUT2D eigenvalue weighted by atomic mass is 10.1. The zero-order chi connectivity index (χ0) is 17.5. The Morgan fingerprint density at radius 1 is 1.38 bits per heavy atom. The molecule has 3 N–H and O–H groups in total. The number of halogens is 1. The zero-order valence-corrected chi connectivity index (χ0v) is 13.4. The van der Waals surface area contributed by atoms with Crippen molar-refractivity contribution in [3.05, 3.63) is 29.3 Å². The van der Waals surface area contributed by atoms with Crippen molar-refractivity contribution in [1.29, 1.82) is 0 Å². The van der Waals surface area contributed by atoms with Crippen LogP contribution < -0.4 is 10.1 Å². The second kappa shape index (κ2) is 8.84. The van der Waals surface area contributed by atoms with Gasteiger partial charge in [-0.3, -0.25) is 9.59 Å². The minimum absolute atomic E-state index is 0.114. The Kier molecular flexibility index (Phi) is 6.80. The Hall–Kier alpha value is -1.87. The molecule has 0 spiro atoms. The predicted molar refractivity (Wildman–Crippen MR) is 83.1 cm³/mol. The number of hydrogen-bond acceptors (Lipinski definition) is 6. The highest BCUT2D eigenvalue weighted by atomic mass is 35.5. The minimum atomic E-state index is -0.625. The number of aliphatic hydroxyl groups excluding tert-OH is 1. The molecule has 0 saturated carbocycles. The first-order chi connectivity index (χ1) is 11.5. The third kappa shape index (κ3) is 4.81. The molecule has 1 amide bonds. The maximum atomic E-state index is 11.9. The molecule has 0 bridgehead atoms. The Bertz CT molecular complexity index is 571. The SMILES string of the molecule is O=C(COc1cccc(Cl)c1)N[C@@H]1CO[C@H]2[C@@H]1OC[C@H]2O.O=CO. The van der Waals surface area contributed by atoms with Crippen LogP contribution in [0.25, 0.3) is 0 Å². The van der Waals surface area contributed by atoms with Crippen LogP contribution >= 0.6 is 11.6 Å². The normalized spacial score (nSPS) is 27.6. The topological polar surface area (TPSA) is 114 Å². The number of benzene rings is 1. The molecular weight excluding hydrogens is 342 g/mol. The van der Waals surface area contributed by atoms with E-state index in [2.05, 4.69) is 5.32 Å². The van der Waals surface area contributed by atoms with Crippen LogP contribution in [0.15, 0.2) is 24.3 Å². The second-order valence-electron chi connectivity index (χ2n) is 5.19. The van der Waals surface area contributed by atoms with Gasteiger partial charge in [-0.1, -0.05) is 17.7 Å². The van der Waals surface area contributed by atoms with Crippen molar-refractivity contribution >= 4 is 24.0 Å². The summed E-state index contributed by atoms with van der Waals surface area (Å²) in [6.07, 6.45) is -1.28. The average Bonchev–Trinajstić information content (AvgIpc) is 3.10. The van der Waals surface area contributed by atoms with Crippen molar-refractivity contribution in [1.82, 2.24) is 5.32 Å². The van der Waals surface area contributed by atoms with Crippen molar-refractivity contribution in [3.8, 4) is 5.75 Å². The van der Waals surface area contributed by atoms with Crippen LogP contribution in [-0.4, -0.2) is 66.8 Å². The minimum Gasteiger partial charge on any atom is -0.484 e. The van der Waals surface area contributed by atoms with Gasteiger partial charge in [-0.25, -0.2) is 0 Å². The number of hydrogen-bond donors (Lipinski definition) is 3. The number of amides is 1. The monoisotopic (exact) mass is 359 g/mol. The average molecular weight is 360 g/mol. The van der Waals surface area contributed by atoms with E-state index in [1.54, 1.807) is 24.3 Å². The molecule has 2 heterocycles. The van der Waals surface area contributed by atoms with Crippen LogP contribution in [0, 0.1) is 0 Å². The molecular formula is C15H18ClNO7. The molecule has 8 nitrogen and oxygen atoms in total. The fraction of sp³-hybridized carbons (Fsp3) is 0.467. The fourth-order valence-electron chi connectivity index (χ4n) is 2.56. The highest BCUT2D eigenvalue weighted by Crippen LogP contribution is 2.26. The quantitative estimate of drug-likeness (QED) is 0.651. The lowest BCUT2D eigenvalue weighted by Gasteiger charge is -2.17. The molecule has 0 aliphatic carbocycles. The van der Waals surface area contributed by atoms with E-state index in [4.69, 9.17) is 35.7 Å². The van der Waals surface area contributed by atoms with E-state index in [0.717, 1.165) is 0 Å². The summed E-state index contributed by atoms with van der Waals surface area (Å²) in [7, 11) is 0. The van der Waals surface area contributed by atoms with Crippen LogP contribution in [0.2, 0.25) is 5.02 Å². The Morgan fingerprint density at radius 2 is 2.08 bits per heavy atom. The summed E-state index contributed by atoms with van der Waals surface area (Å²) in [4.78, 5) is 20.2. The Balaban J connectivity index is 0.000000647. The number of nitrogens with one attached hydrogen (secondary N) is 1. The third-order valence-electron chi connectivity index (χ3n) is 3.54. The van der Waals surface area contributed by atoms with Crippen LogP contribution in [0.5, 0.6) is 5.75 Å². The number of ether oxygens (including phenoxy) is 3. The Morgan fingerprint density at radius 3 is 2.79 bits per heavy atom. The van der Waals surface area contributed by atoms with Crippen molar-refractivity contribution in [3.63, 3.8) is 0 Å². The third-order valence-corrected chi connectivity index (χ3v) is 3.77. The standard InChI is InChI=1S/C14H16ClNO5.CH2O2/c15-8-2-1-3-9(4-8)19-7-12(18)16-10-5-20-14-11(17)6-21-13(10)14;2-1-3/h1-4,10-11,13-14,17H,5-7H2,(H,16,18);1H,(H,2,3)/t10-,11-,13-,14-;/m1./s1. The van der Waals surface area contributed by atoms with Gasteiger partial charge in [0.1, 0.15) is 24.1 Å². The highest BCUT2D eigenvalue weighted by Gasteiger charge is 2.47. The number of rotatable bonds is 4. The van der Waals surface area contributed by atoms with Gasteiger partial charge < -0.3 is 29.7 Å². The van der Waals surface area contributed by atoms with Crippen molar-refractivity contribution < 1.29 is 34.0 Å².